The molecule has 2 amide bonds. The van der Waals surface area contributed by atoms with E-state index in [9.17, 15) is 19.6 Å². The van der Waals surface area contributed by atoms with E-state index in [1.807, 2.05) is 30.3 Å². The first-order valence-electron chi connectivity index (χ1n) is 12.7. The second-order valence-corrected chi connectivity index (χ2v) is 9.55. The van der Waals surface area contributed by atoms with Crippen molar-refractivity contribution in [1.82, 2.24) is 9.80 Å². The standard InChI is InChI=1S/C28H33N3O7/c1-18(32)38-22-14-23(28(34)30-11-7-10-21(30)15-29)31(16-22)27(33)20-12-24(35-2)26(25(13-20)36-3)37-17-19-8-5-4-6-9-19/h4-6,8-9,12-13,21-24,26H,7,10-11,14,16-17H2,1-3H3/t21-,22+,23-,24?,26?/m0/s1. The van der Waals surface area contributed by atoms with E-state index in [4.69, 9.17) is 18.9 Å². The lowest BCUT2D eigenvalue weighted by Gasteiger charge is -2.32. The summed E-state index contributed by atoms with van der Waals surface area (Å²) in [6, 6.07) is 10.5. The molecule has 38 heavy (non-hydrogen) atoms. The third-order valence-corrected chi connectivity index (χ3v) is 7.07. The quantitative estimate of drug-likeness (QED) is 0.476. The molecule has 0 bridgehead atoms. The molecule has 10 nitrogen and oxygen atoms in total. The Balaban J connectivity index is 1.56. The third kappa shape index (κ3) is 5.90. The molecule has 5 atom stereocenters. The molecule has 202 valence electrons. The zero-order chi connectivity index (χ0) is 27.2. The normalized spacial score (nSPS) is 26.8. The van der Waals surface area contributed by atoms with Crippen LogP contribution in [0, 0.1) is 11.3 Å². The molecule has 4 rings (SSSR count). The van der Waals surface area contributed by atoms with Crippen molar-refractivity contribution in [3.63, 3.8) is 0 Å². The number of nitrogens with zero attached hydrogens (tertiary/aromatic N) is 3. The van der Waals surface area contributed by atoms with E-state index in [1.54, 1.807) is 12.2 Å². The van der Waals surface area contributed by atoms with Gasteiger partial charge in [0.1, 0.15) is 36.2 Å². The molecule has 0 radical (unpaired) electrons. The summed E-state index contributed by atoms with van der Waals surface area (Å²) < 4.78 is 22.7. The van der Waals surface area contributed by atoms with Gasteiger partial charge in [-0.25, -0.2) is 0 Å². The van der Waals surface area contributed by atoms with Gasteiger partial charge in [-0.15, -0.1) is 0 Å². The molecule has 0 N–H and O–H groups in total. The average Bonchev–Trinajstić information content (AvgIpc) is 3.58. The summed E-state index contributed by atoms with van der Waals surface area (Å²) in [6.45, 7) is 2.14. The lowest BCUT2D eigenvalue weighted by atomic mass is 9.98. The van der Waals surface area contributed by atoms with E-state index in [0.717, 1.165) is 12.0 Å². The Labute approximate surface area is 222 Å². The van der Waals surface area contributed by atoms with Gasteiger partial charge in [-0.2, -0.15) is 5.26 Å². The van der Waals surface area contributed by atoms with Crippen molar-refractivity contribution >= 4 is 17.8 Å². The van der Waals surface area contributed by atoms with E-state index in [1.165, 1.54) is 30.9 Å². The molecule has 3 aliphatic rings. The van der Waals surface area contributed by atoms with Gasteiger partial charge in [0.25, 0.3) is 5.91 Å². The first kappa shape index (κ1) is 27.4. The smallest absolute Gasteiger partial charge is 0.302 e. The fraction of sp³-hybridized carbons (Fsp3) is 0.500. The van der Waals surface area contributed by atoms with Gasteiger partial charge < -0.3 is 28.7 Å². The molecule has 2 heterocycles. The minimum atomic E-state index is -0.853. The van der Waals surface area contributed by atoms with Gasteiger partial charge in [0.2, 0.25) is 5.91 Å². The average molecular weight is 524 g/mol. The van der Waals surface area contributed by atoms with Crippen LogP contribution in [0.1, 0.15) is 31.7 Å². The number of likely N-dealkylation sites (tertiary alicyclic amines) is 2. The fourth-order valence-corrected chi connectivity index (χ4v) is 5.24. The Morgan fingerprint density at radius 3 is 2.55 bits per heavy atom. The topological polar surface area (TPSA) is 118 Å². The molecule has 2 unspecified atom stereocenters. The van der Waals surface area contributed by atoms with Crippen LogP contribution < -0.4 is 0 Å². The van der Waals surface area contributed by atoms with Crippen molar-refractivity contribution in [3.8, 4) is 6.07 Å². The summed E-state index contributed by atoms with van der Waals surface area (Å²) in [5.41, 5.74) is 1.27. The van der Waals surface area contributed by atoms with Crippen LogP contribution in [0.2, 0.25) is 0 Å². The van der Waals surface area contributed by atoms with Crippen LogP contribution in [-0.4, -0.2) is 85.3 Å². The van der Waals surface area contributed by atoms with Crippen molar-refractivity contribution < 1.29 is 33.3 Å². The molecule has 0 saturated carbocycles. The number of hydrogen-bond donors (Lipinski definition) is 0. The van der Waals surface area contributed by atoms with Gasteiger partial charge in [0, 0.05) is 32.6 Å². The summed E-state index contributed by atoms with van der Waals surface area (Å²) in [6.07, 6.45) is 2.95. The highest BCUT2D eigenvalue weighted by Gasteiger charge is 2.46. The lowest BCUT2D eigenvalue weighted by Crippen LogP contribution is -2.49. The number of esters is 1. The van der Waals surface area contributed by atoms with Gasteiger partial charge in [0.05, 0.1) is 26.3 Å². The Morgan fingerprint density at radius 1 is 1.13 bits per heavy atom. The molecule has 1 aliphatic carbocycles. The van der Waals surface area contributed by atoms with Gasteiger partial charge in [-0.05, 0) is 30.6 Å². The predicted octanol–water partition coefficient (Wildman–Crippen LogP) is 2.10. The third-order valence-electron chi connectivity index (χ3n) is 7.07. The lowest BCUT2D eigenvalue weighted by molar-refractivity contribution is -0.146. The van der Waals surface area contributed by atoms with Gasteiger partial charge in [0.15, 0.2) is 0 Å². The number of methoxy groups -OCH3 is 2. The number of ether oxygens (including phenoxy) is 4. The maximum Gasteiger partial charge on any atom is 0.302 e. The number of carbonyl (C=O) groups excluding carboxylic acids is 3. The Kier molecular flexibility index (Phi) is 8.81. The number of carbonyl (C=O) groups is 3. The van der Waals surface area contributed by atoms with Crippen LogP contribution in [0.5, 0.6) is 0 Å². The molecule has 0 spiro atoms. The van der Waals surface area contributed by atoms with Crippen LogP contribution in [0.25, 0.3) is 0 Å². The van der Waals surface area contributed by atoms with E-state index in [-0.39, 0.29) is 24.4 Å². The molecule has 1 aromatic carbocycles. The van der Waals surface area contributed by atoms with Crippen LogP contribution >= 0.6 is 0 Å². The van der Waals surface area contributed by atoms with Crippen LogP contribution in [0.3, 0.4) is 0 Å². The summed E-state index contributed by atoms with van der Waals surface area (Å²) >= 11 is 0. The summed E-state index contributed by atoms with van der Waals surface area (Å²) in [5.74, 6) is -0.787. The fourth-order valence-electron chi connectivity index (χ4n) is 5.24. The Bertz CT molecular complexity index is 1140. The van der Waals surface area contributed by atoms with Crippen molar-refractivity contribution in [3.05, 3.63) is 59.4 Å². The Hall–Kier alpha value is -3.68. The maximum absolute atomic E-state index is 13.8. The first-order chi connectivity index (χ1) is 18.4. The number of nitriles is 1. The summed E-state index contributed by atoms with van der Waals surface area (Å²) in [5, 5.41) is 9.48. The van der Waals surface area contributed by atoms with Crippen LogP contribution in [0.15, 0.2) is 53.8 Å². The SMILES string of the molecule is COC1=CC(C(=O)N2C[C@H](OC(C)=O)C[C@H]2C(=O)N2CCC[C@H]2C#N)=CC(OC)C1OCc1ccccc1. The molecule has 2 saturated heterocycles. The molecule has 2 aliphatic heterocycles. The highest BCUT2D eigenvalue weighted by molar-refractivity contribution is 6.00. The van der Waals surface area contributed by atoms with Gasteiger partial charge in [-0.1, -0.05) is 30.3 Å². The first-order valence-corrected chi connectivity index (χ1v) is 12.7. The van der Waals surface area contributed by atoms with Crippen LogP contribution in [-0.2, 0) is 39.9 Å². The van der Waals surface area contributed by atoms with Crippen LogP contribution in [0.4, 0.5) is 0 Å². The molecule has 0 aromatic heterocycles. The van der Waals surface area contributed by atoms with E-state index < -0.39 is 42.3 Å². The van der Waals surface area contributed by atoms with Crippen molar-refractivity contribution in [1.29, 1.82) is 5.26 Å². The monoisotopic (exact) mass is 523 g/mol. The number of benzene rings is 1. The van der Waals surface area contributed by atoms with Crippen molar-refractivity contribution in [2.45, 2.75) is 63.2 Å². The van der Waals surface area contributed by atoms with E-state index in [0.29, 0.717) is 25.3 Å². The number of rotatable bonds is 8. The minimum Gasteiger partial charge on any atom is -0.498 e. The Morgan fingerprint density at radius 2 is 1.89 bits per heavy atom. The largest absolute Gasteiger partial charge is 0.498 e. The molecule has 10 heteroatoms. The van der Waals surface area contributed by atoms with E-state index in [2.05, 4.69) is 6.07 Å². The highest BCUT2D eigenvalue weighted by atomic mass is 16.6. The zero-order valence-corrected chi connectivity index (χ0v) is 21.9. The van der Waals surface area contributed by atoms with Crippen molar-refractivity contribution in [2.24, 2.45) is 0 Å². The zero-order valence-electron chi connectivity index (χ0n) is 21.9. The maximum atomic E-state index is 13.8. The summed E-state index contributed by atoms with van der Waals surface area (Å²) in [4.78, 5) is 41.9. The van der Waals surface area contributed by atoms with Gasteiger partial charge >= 0.3 is 5.97 Å². The molecular formula is C28H33N3O7. The second-order valence-electron chi connectivity index (χ2n) is 9.55. The predicted molar refractivity (Wildman–Crippen MR) is 135 cm³/mol. The van der Waals surface area contributed by atoms with Gasteiger partial charge in [-0.3, -0.25) is 14.4 Å². The molecule has 2 fully saturated rings. The summed E-state index contributed by atoms with van der Waals surface area (Å²) in [7, 11) is 3.02. The second kappa shape index (κ2) is 12.2. The van der Waals surface area contributed by atoms with E-state index >= 15 is 0 Å². The molecule has 1 aromatic rings. The van der Waals surface area contributed by atoms with Crippen molar-refractivity contribution in [2.75, 3.05) is 27.3 Å². The highest BCUT2D eigenvalue weighted by Crippen LogP contribution is 2.31. The minimum absolute atomic E-state index is 0.0684. The number of amides is 2. The number of hydrogen-bond acceptors (Lipinski definition) is 8. The molecular weight excluding hydrogens is 490 g/mol.